The van der Waals surface area contributed by atoms with E-state index in [1.807, 2.05) is 12.1 Å². The van der Waals surface area contributed by atoms with Crippen molar-refractivity contribution in [3.63, 3.8) is 0 Å². The van der Waals surface area contributed by atoms with Gasteiger partial charge in [0.05, 0.1) is 5.52 Å². The summed E-state index contributed by atoms with van der Waals surface area (Å²) in [5.41, 5.74) is 7.91. The number of thiophene rings is 1. The van der Waals surface area contributed by atoms with Crippen molar-refractivity contribution in [2.24, 2.45) is 0 Å². The molecular formula is C20H26N4S. The van der Waals surface area contributed by atoms with Crippen LogP contribution in [0.25, 0.3) is 21.0 Å². The molecule has 3 heterocycles. The normalized spacial score (nSPS) is 20.2. The summed E-state index contributed by atoms with van der Waals surface area (Å²) in [6.45, 7) is 9.10. The largest absolute Gasteiger partial charge is 0.399 e. The number of nitrogen functional groups attached to an aromatic ring is 1. The Bertz CT molecular complexity index is 925. The Labute approximate surface area is 152 Å². The Kier molecular flexibility index (Phi) is 3.71. The minimum Gasteiger partial charge on any atom is -0.399 e. The summed E-state index contributed by atoms with van der Waals surface area (Å²) in [5.74, 6) is 0.979. The summed E-state index contributed by atoms with van der Waals surface area (Å²) >= 11 is 1.77. The molecule has 0 atom stereocenters. The topological polar surface area (TPSA) is 63.0 Å². The molecule has 0 saturated carbocycles. The van der Waals surface area contributed by atoms with Crippen LogP contribution in [0.2, 0.25) is 0 Å². The van der Waals surface area contributed by atoms with Gasteiger partial charge in [-0.3, -0.25) is 0 Å². The smallest absolute Gasteiger partial charge is 0.135 e. The van der Waals surface area contributed by atoms with E-state index in [0.717, 1.165) is 29.9 Å². The number of nitrogens with two attached hydrogens (primary N) is 1. The summed E-state index contributed by atoms with van der Waals surface area (Å²) in [7, 11) is 0. The Morgan fingerprint density at radius 2 is 1.84 bits per heavy atom. The predicted molar refractivity (Wildman–Crippen MR) is 109 cm³/mol. The molecule has 4 N–H and O–H groups in total. The number of benzene rings is 1. The van der Waals surface area contributed by atoms with Gasteiger partial charge in [0.1, 0.15) is 5.82 Å². The maximum atomic E-state index is 5.98. The molecule has 0 amide bonds. The lowest BCUT2D eigenvalue weighted by molar-refractivity contribution is 0.170. The number of aromatic nitrogens is 1. The molecule has 4 nitrogen and oxygen atoms in total. The van der Waals surface area contributed by atoms with Crippen LogP contribution in [0.1, 0.15) is 40.5 Å². The molecule has 1 fully saturated rings. The second kappa shape index (κ2) is 5.58. The van der Waals surface area contributed by atoms with Crippen LogP contribution in [-0.4, -0.2) is 22.1 Å². The zero-order valence-corrected chi connectivity index (χ0v) is 16.1. The van der Waals surface area contributed by atoms with E-state index < -0.39 is 0 Å². The standard InChI is InChI=1S/C20H26N4S/c1-19(2)10-13(11-20(3,4)24-19)22-18-15-7-8-25-17(15)14-6-5-12(21)9-16(14)23-18/h5-9,13,24H,10-11,21H2,1-4H3,(H,22,23). The highest BCUT2D eigenvalue weighted by Crippen LogP contribution is 2.36. The summed E-state index contributed by atoms with van der Waals surface area (Å²) in [6, 6.07) is 8.56. The molecule has 1 saturated heterocycles. The first kappa shape index (κ1) is 16.6. The van der Waals surface area contributed by atoms with Crippen molar-refractivity contribution in [2.75, 3.05) is 11.1 Å². The third kappa shape index (κ3) is 3.18. The van der Waals surface area contributed by atoms with Crippen molar-refractivity contribution in [3.05, 3.63) is 29.6 Å². The van der Waals surface area contributed by atoms with E-state index in [1.54, 1.807) is 11.3 Å². The zero-order valence-electron chi connectivity index (χ0n) is 15.3. The summed E-state index contributed by atoms with van der Waals surface area (Å²) in [6.07, 6.45) is 2.14. The van der Waals surface area contributed by atoms with Gasteiger partial charge in [0.25, 0.3) is 0 Å². The van der Waals surface area contributed by atoms with Crippen molar-refractivity contribution in [1.82, 2.24) is 10.3 Å². The van der Waals surface area contributed by atoms with Crippen LogP contribution in [0.15, 0.2) is 29.6 Å². The number of hydrogen-bond acceptors (Lipinski definition) is 5. The Morgan fingerprint density at radius 3 is 2.56 bits per heavy atom. The number of nitrogens with zero attached hydrogens (tertiary/aromatic N) is 1. The number of nitrogens with one attached hydrogen (secondary N) is 2. The summed E-state index contributed by atoms with van der Waals surface area (Å²) in [5, 5.41) is 12.0. The first-order valence-corrected chi connectivity index (χ1v) is 9.73. The molecular weight excluding hydrogens is 328 g/mol. The number of hydrogen-bond donors (Lipinski definition) is 3. The number of anilines is 2. The van der Waals surface area contributed by atoms with Gasteiger partial charge < -0.3 is 16.4 Å². The highest BCUT2D eigenvalue weighted by atomic mass is 32.1. The molecule has 3 aromatic rings. The van der Waals surface area contributed by atoms with Gasteiger partial charge in [-0.05, 0) is 70.2 Å². The van der Waals surface area contributed by atoms with E-state index in [2.05, 4.69) is 55.8 Å². The molecule has 0 spiro atoms. The summed E-state index contributed by atoms with van der Waals surface area (Å²) in [4.78, 5) is 4.92. The fourth-order valence-corrected chi connectivity index (χ4v) is 5.38. The van der Waals surface area contributed by atoms with E-state index in [1.165, 1.54) is 15.5 Å². The molecule has 4 rings (SSSR count). The molecule has 132 valence electrons. The minimum atomic E-state index is 0.106. The molecule has 0 radical (unpaired) electrons. The molecule has 1 aliphatic rings. The second-order valence-electron chi connectivity index (χ2n) is 8.54. The van der Waals surface area contributed by atoms with E-state index in [-0.39, 0.29) is 11.1 Å². The van der Waals surface area contributed by atoms with Gasteiger partial charge in [-0.1, -0.05) is 0 Å². The first-order valence-electron chi connectivity index (χ1n) is 8.85. The summed E-state index contributed by atoms with van der Waals surface area (Å²) < 4.78 is 1.28. The first-order chi connectivity index (χ1) is 11.7. The van der Waals surface area contributed by atoms with Gasteiger partial charge in [-0.2, -0.15) is 0 Å². The van der Waals surface area contributed by atoms with Crippen molar-refractivity contribution >= 4 is 43.8 Å². The van der Waals surface area contributed by atoms with Crippen LogP contribution in [0.5, 0.6) is 0 Å². The zero-order chi connectivity index (χ0) is 17.8. The molecule has 0 bridgehead atoms. The van der Waals surface area contributed by atoms with E-state index in [0.29, 0.717) is 6.04 Å². The van der Waals surface area contributed by atoms with Crippen molar-refractivity contribution in [3.8, 4) is 0 Å². The van der Waals surface area contributed by atoms with Crippen molar-refractivity contribution in [1.29, 1.82) is 0 Å². The van der Waals surface area contributed by atoms with Crippen molar-refractivity contribution < 1.29 is 0 Å². The molecule has 1 aromatic carbocycles. The Morgan fingerprint density at radius 1 is 1.12 bits per heavy atom. The van der Waals surface area contributed by atoms with Crippen molar-refractivity contribution in [2.45, 2.75) is 57.7 Å². The molecule has 5 heteroatoms. The van der Waals surface area contributed by atoms with Gasteiger partial charge >= 0.3 is 0 Å². The average Bonchev–Trinajstić information content (AvgIpc) is 2.93. The fourth-order valence-electron chi connectivity index (χ4n) is 4.45. The third-order valence-electron chi connectivity index (χ3n) is 4.95. The molecule has 2 aromatic heterocycles. The van der Waals surface area contributed by atoms with Crippen LogP contribution in [0.3, 0.4) is 0 Å². The average molecular weight is 355 g/mol. The van der Waals surface area contributed by atoms with E-state index in [9.17, 15) is 0 Å². The number of rotatable bonds is 2. The maximum absolute atomic E-state index is 5.98. The monoisotopic (exact) mass is 354 g/mol. The highest BCUT2D eigenvalue weighted by molar-refractivity contribution is 7.18. The quantitative estimate of drug-likeness (QED) is 0.581. The van der Waals surface area contributed by atoms with Gasteiger partial charge in [0, 0.05) is 38.3 Å². The van der Waals surface area contributed by atoms with Gasteiger partial charge in [0.2, 0.25) is 0 Å². The highest BCUT2D eigenvalue weighted by Gasteiger charge is 2.37. The van der Waals surface area contributed by atoms with E-state index in [4.69, 9.17) is 10.7 Å². The molecule has 25 heavy (non-hydrogen) atoms. The van der Waals surface area contributed by atoms with Crippen LogP contribution in [0, 0.1) is 0 Å². The van der Waals surface area contributed by atoms with Gasteiger partial charge in [0.15, 0.2) is 0 Å². The Hall–Kier alpha value is -1.85. The SMILES string of the molecule is CC1(C)CC(Nc2nc3cc(N)ccc3c3sccc23)CC(C)(C)N1. The number of pyridine rings is 1. The Balaban J connectivity index is 1.76. The number of piperidine rings is 1. The lowest BCUT2D eigenvalue weighted by Gasteiger charge is -2.46. The maximum Gasteiger partial charge on any atom is 0.135 e. The predicted octanol–water partition coefficient (Wildman–Crippen LogP) is 4.75. The molecule has 1 aliphatic heterocycles. The van der Waals surface area contributed by atoms with Gasteiger partial charge in [-0.15, -0.1) is 11.3 Å². The van der Waals surface area contributed by atoms with Crippen LogP contribution in [-0.2, 0) is 0 Å². The fraction of sp³-hybridized carbons (Fsp3) is 0.450. The van der Waals surface area contributed by atoms with Crippen LogP contribution < -0.4 is 16.4 Å². The molecule has 0 unspecified atom stereocenters. The minimum absolute atomic E-state index is 0.106. The number of fused-ring (bicyclic) bond motifs is 3. The van der Waals surface area contributed by atoms with Crippen LogP contribution >= 0.6 is 11.3 Å². The molecule has 0 aliphatic carbocycles. The van der Waals surface area contributed by atoms with Crippen LogP contribution in [0.4, 0.5) is 11.5 Å². The van der Waals surface area contributed by atoms with Gasteiger partial charge in [-0.25, -0.2) is 4.98 Å². The second-order valence-corrected chi connectivity index (χ2v) is 9.46. The lowest BCUT2D eigenvalue weighted by Crippen LogP contribution is -2.60. The third-order valence-corrected chi connectivity index (χ3v) is 5.90. The lowest BCUT2D eigenvalue weighted by atomic mass is 9.79. The van der Waals surface area contributed by atoms with E-state index >= 15 is 0 Å².